The highest BCUT2D eigenvalue weighted by atomic mass is 32.2. The van der Waals surface area contributed by atoms with E-state index in [4.69, 9.17) is 9.15 Å². The second kappa shape index (κ2) is 7.74. The molecule has 0 aromatic carbocycles. The van der Waals surface area contributed by atoms with Gasteiger partial charge < -0.3 is 18.6 Å². The first-order chi connectivity index (χ1) is 13.9. The summed E-state index contributed by atoms with van der Waals surface area (Å²) in [6.07, 6.45) is 3.81. The molecule has 0 spiro atoms. The van der Waals surface area contributed by atoms with Crippen LogP contribution >= 0.6 is 11.8 Å². The fraction of sp³-hybridized carbons (Fsp3) is 0.476. The van der Waals surface area contributed by atoms with E-state index in [1.165, 1.54) is 29.8 Å². The molecule has 2 aromatic rings. The molecule has 4 rings (SSSR count). The van der Waals surface area contributed by atoms with Gasteiger partial charge in [0.15, 0.2) is 6.61 Å². The minimum Gasteiger partial charge on any atom is -0.466 e. The molecule has 1 amide bonds. The molecule has 0 unspecified atom stereocenters. The normalized spacial score (nSPS) is 21.4. The molecular formula is C21H24N2O5S. The van der Waals surface area contributed by atoms with Crippen molar-refractivity contribution in [1.29, 1.82) is 0 Å². The number of amides is 1. The summed E-state index contributed by atoms with van der Waals surface area (Å²) in [6, 6.07) is 5.14. The molecule has 0 bridgehead atoms. The zero-order valence-corrected chi connectivity index (χ0v) is 17.5. The summed E-state index contributed by atoms with van der Waals surface area (Å²) < 4.78 is 12.9. The number of hydrogen-bond acceptors (Lipinski definition) is 6. The largest absolute Gasteiger partial charge is 0.466 e. The molecule has 2 aromatic heterocycles. The molecule has 29 heavy (non-hydrogen) atoms. The van der Waals surface area contributed by atoms with E-state index < -0.39 is 12.0 Å². The number of esters is 1. The van der Waals surface area contributed by atoms with Crippen LogP contribution < -0.4 is 0 Å². The Balaban J connectivity index is 1.42. The number of nitrogens with zero attached hydrogens (tertiary/aromatic N) is 2. The van der Waals surface area contributed by atoms with E-state index in [1.54, 1.807) is 12.1 Å². The number of carbonyl (C=O) groups is 3. The molecular weight excluding hydrogens is 392 g/mol. The maximum atomic E-state index is 12.7. The number of carbonyl (C=O) groups excluding carboxylic acids is 3. The highest BCUT2D eigenvalue weighted by Crippen LogP contribution is 2.42. The first kappa shape index (κ1) is 19.8. The van der Waals surface area contributed by atoms with Crippen molar-refractivity contribution in [3.63, 3.8) is 0 Å². The molecule has 2 atom stereocenters. The van der Waals surface area contributed by atoms with Crippen molar-refractivity contribution < 1.29 is 23.5 Å². The van der Waals surface area contributed by atoms with Gasteiger partial charge in [-0.1, -0.05) is 0 Å². The lowest BCUT2D eigenvalue weighted by Gasteiger charge is -2.25. The van der Waals surface area contributed by atoms with Gasteiger partial charge in [-0.25, -0.2) is 4.79 Å². The van der Waals surface area contributed by atoms with Crippen LogP contribution in [0.3, 0.4) is 0 Å². The second-order valence-corrected chi connectivity index (χ2v) is 8.67. The highest BCUT2D eigenvalue weighted by Gasteiger charge is 2.43. The Hall–Kier alpha value is -2.48. The summed E-state index contributed by atoms with van der Waals surface area (Å²) in [6.45, 7) is 5.01. The lowest BCUT2D eigenvalue weighted by molar-refractivity contribution is -0.152. The standard InChI is InChI=1S/C21H24N2O5S/c1-12-9-16(13(2)22(12)15-6-7-15)18(25)10-28-21(26)17-11-29-20(23(17)14(3)24)19-5-4-8-27-19/h4-5,8-9,15,17,20H,6-7,10-11H2,1-3H3/t17-,20+/m0/s1. The monoisotopic (exact) mass is 416 g/mol. The predicted molar refractivity (Wildman–Crippen MR) is 108 cm³/mol. The van der Waals surface area contributed by atoms with E-state index in [0.29, 0.717) is 23.1 Å². The van der Waals surface area contributed by atoms with Crippen LogP contribution in [0.15, 0.2) is 28.9 Å². The Kier molecular flexibility index (Phi) is 5.29. The van der Waals surface area contributed by atoms with E-state index in [9.17, 15) is 14.4 Å². The number of thioether (sulfide) groups is 1. The molecule has 3 heterocycles. The third-order valence-electron chi connectivity index (χ3n) is 5.46. The van der Waals surface area contributed by atoms with Gasteiger partial charge in [0.2, 0.25) is 11.7 Å². The number of furan rings is 1. The lowest BCUT2D eigenvalue weighted by Crippen LogP contribution is -2.43. The molecule has 2 fully saturated rings. The van der Waals surface area contributed by atoms with Gasteiger partial charge in [0, 0.05) is 35.7 Å². The number of rotatable bonds is 6. The Labute approximate surface area is 173 Å². The number of aryl methyl sites for hydroxylation is 1. The van der Waals surface area contributed by atoms with E-state index in [2.05, 4.69) is 4.57 Å². The number of aromatic nitrogens is 1. The van der Waals surface area contributed by atoms with Crippen molar-refractivity contribution in [2.45, 2.75) is 51.1 Å². The average Bonchev–Trinajstić information content (AvgIpc) is 3.10. The van der Waals surface area contributed by atoms with E-state index in [1.807, 2.05) is 19.9 Å². The minimum atomic E-state index is -0.737. The summed E-state index contributed by atoms with van der Waals surface area (Å²) in [7, 11) is 0. The van der Waals surface area contributed by atoms with Crippen molar-refractivity contribution >= 4 is 29.4 Å². The van der Waals surface area contributed by atoms with Gasteiger partial charge in [0.25, 0.3) is 0 Å². The zero-order valence-electron chi connectivity index (χ0n) is 16.7. The smallest absolute Gasteiger partial charge is 0.330 e. The van der Waals surface area contributed by atoms with E-state index >= 15 is 0 Å². The molecule has 1 aliphatic heterocycles. The molecule has 154 valence electrons. The SMILES string of the molecule is CC(=O)N1[C@@H](c2ccco2)SC[C@H]1C(=O)OCC(=O)c1cc(C)n(C2CC2)c1C. The van der Waals surface area contributed by atoms with Crippen LogP contribution in [0.1, 0.15) is 58.7 Å². The molecule has 7 nitrogen and oxygen atoms in total. The number of ether oxygens (including phenoxy) is 1. The lowest BCUT2D eigenvalue weighted by atomic mass is 10.1. The summed E-state index contributed by atoms with van der Waals surface area (Å²) in [5.74, 6) is -0.0115. The summed E-state index contributed by atoms with van der Waals surface area (Å²) in [4.78, 5) is 39.0. The van der Waals surface area contributed by atoms with Crippen LogP contribution in [0.2, 0.25) is 0 Å². The van der Waals surface area contributed by atoms with Gasteiger partial charge in [-0.2, -0.15) is 0 Å². The molecule has 8 heteroatoms. The summed E-state index contributed by atoms with van der Waals surface area (Å²) in [5.41, 5.74) is 2.57. The van der Waals surface area contributed by atoms with Crippen LogP contribution in [-0.2, 0) is 14.3 Å². The van der Waals surface area contributed by atoms with Crippen molar-refractivity contribution in [3.8, 4) is 0 Å². The topological polar surface area (TPSA) is 81.8 Å². The quantitative estimate of drug-likeness (QED) is 0.530. The molecule has 0 N–H and O–H groups in total. The van der Waals surface area contributed by atoms with Gasteiger partial charge in [0.1, 0.15) is 17.2 Å². The number of ketones is 1. The molecule has 1 saturated heterocycles. The van der Waals surface area contributed by atoms with Crippen molar-refractivity contribution in [3.05, 3.63) is 47.2 Å². The van der Waals surface area contributed by atoms with Crippen LogP contribution in [0.4, 0.5) is 0 Å². The highest BCUT2D eigenvalue weighted by molar-refractivity contribution is 7.99. The minimum absolute atomic E-state index is 0.221. The predicted octanol–water partition coefficient (Wildman–Crippen LogP) is 3.42. The maximum Gasteiger partial charge on any atom is 0.330 e. The third-order valence-corrected chi connectivity index (χ3v) is 6.75. The van der Waals surface area contributed by atoms with Crippen molar-refractivity contribution in [2.24, 2.45) is 0 Å². The Morgan fingerprint density at radius 1 is 1.28 bits per heavy atom. The number of hydrogen-bond donors (Lipinski definition) is 0. The second-order valence-electron chi connectivity index (χ2n) is 7.56. The first-order valence-corrected chi connectivity index (χ1v) is 10.8. The summed E-state index contributed by atoms with van der Waals surface area (Å²) in [5, 5.41) is -0.367. The fourth-order valence-corrected chi connectivity index (χ4v) is 5.40. The van der Waals surface area contributed by atoms with Gasteiger partial charge in [-0.3, -0.25) is 9.59 Å². The Morgan fingerprint density at radius 2 is 2.03 bits per heavy atom. The average molecular weight is 416 g/mol. The summed E-state index contributed by atoms with van der Waals surface area (Å²) >= 11 is 1.44. The van der Waals surface area contributed by atoms with Gasteiger partial charge in [0.05, 0.1) is 6.26 Å². The van der Waals surface area contributed by atoms with Gasteiger partial charge >= 0.3 is 5.97 Å². The fourth-order valence-electron chi connectivity index (χ4n) is 3.99. The molecule has 1 aliphatic carbocycles. The van der Waals surface area contributed by atoms with Crippen LogP contribution in [0.25, 0.3) is 0 Å². The van der Waals surface area contributed by atoms with Crippen LogP contribution in [-0.4, -0.2) is 45.5 Å². The third kappa shape index (κ3) is 3.73. The first-order valence-electron chi connectivity index (χ1n) is 9.70. The van der Waals surface area contributed by atoms with E-state index in [0.717, 1.165) is 24.2 Å². The Bertz CT molecular complexity index is 945. The van der Waals surface area contributed by atoms with Crippen LogP contribution in [0, 0.1) is 13.8 Å². The van der Waals surface area contributed by atoms with Gasteiger partial charge in [-0.15, -0.1) is 11.8 Å². The number of Topliss-reactive ketones (excluding diaryl/α,β-unsaturated/α-hetero) is 1. The van der Waals surface area contributed by atoms with Crippen molar-refractivity contribution in [2.75, 3.05) is 12.4 Å². The van der Waals surface area contributed by atoms with Gasteiger partial charge in [-0.05, 0) is 44.9 Å². The molecule has 1 saturated carbocycles. The maximum absolute atomic E-state index is 12.7. The van der Waals surface area contributed by atoms with E-state index in [-0.39, 0.29) is 23.7 Å². The van der Waals surface area contributed by atoms with Crippen LogP contribution in [0.5, 0.6) is 0 Å². The Morgan fingerprint density at radius 3 is 2.66 bits per heavy atom. The molecule has 2 aliphatic rings. The zero-order chi connectivity index (χ0) is 20.7. The molecule has 0 radical (unpaired) electrons. The van der Waals surface area contributed by atoms with Crippen molar-refractivity contribution in [1.82, 2.24) is 9.47 Å².